The SMILES string of the molecule is N#CCOc1ccccc1CNCCc1ccc(F)cc1. The number of hydrogen-bond acceptors (Lipinski definition) is 3. The van der Waals surface area contributed by atoms with Gasteiger partial charge >= 0.3 is 0 Å². The van der Waals surface area contributed by atoms with Gasteiger partial charge in [0.1, 0.15) is 17.6 Å². The summed E-state index contributed by atoms with van der Waals surface area (Å²) in [4.78, 5) is 0. The Bertz CT molecular complexity index is 605. The first-order valence-electron chi connectivity index (χ1n) is 6.82. The minimum absolute atomic E-state index is 0.0482. The molecule has 0 amide bonds. The van der Waals surface area contributed by atoms with Crippen molar-refractivity contribution in [2.75, 3.05) is 13.2 Å². The van der Waals surface area contributed by atoms with E-state index in [2.05, 4.69) is 5.32 Å². The zero-order valence-electron chi connectivity index (χ0n) is 11.7. The van der Waals surface area contributed by atoms with Crippen LogP contribution in [0.15, 0.2) is 48.5 Å². The number of benzene rings is 2. The van der Waals surface area contributed by atoms with Crippen LogP contribution in [-0.4, -0.2) is 13.2 Å². The van der Waals surface area contributed by atoms with E-state index >= 15 is 0 Å². The van der Waals surface area contributed by atoms with Gasteiger partial charge in [-0.05, 0) is 36.7 Å². The molecule has 2 rings (SSSR count). The lowest BCUT2D eigenvalue weighted by Gasteiger charge is -2.10. The molecule has 0 saturated heterocycles. The van der Waals surface area contributed by atoms with E-state index in [9.17, 15) is 4.39 Å². The summed E-state index contributed by atoms with van der Waals surface area (Å²) in [6.07, 6.45) is 0.835. The Hall–Kier alpha value is -2.38. The standard InChI is InChI=1S/C17H17FN2O/c18-16-7-5-14(6-8-16)9-11-20-13-15-3-1-2-4-17(15)21-12-10-19/h1-8,20H,9,11-13H2. The molecule has 1 N–H and O–H groups in total. The average Bonchev–Trinajstić information content (AvgIpc) is 2.52. The van der Waals surface area contributed by atoms with Crippen molar-refractivity contribution in [3.05, 3.63) is 65.5 Å². The molecule has 0 heterocycles. The quantitative estimate of drug-likeness (QED) is 0.795. The minimum Gasteiger partial charge on any atom is -0.478 e. The normalized spacial score (nSPS) is 10.1. The molecule has 2 aromatic rings. The molecule has 0 aliphatic heterocycles. The van der Waals surface area contributed by atoms with Gasteiger partial charge in [-0.15, -0.1) is 0 Å². The van der Waals surface area contributed by atoms with Crippen molar-refractivity contribution >= 4 is 0 Å². The van der Waals surface area contributed by atoms with Crippen molar-refractivity contribution in [1.82, 2.24) is 5.32 Å². The van der Waals surface area contributed by atoms with Crippen LogP contribution in [0.25, 0.3) is 0 Å². The molecule has 4 heteroatoms. The number of nitriles is 1. The molecule has 21 heavy (non-hydrogen) atoms. The monoisotopic (exact) mass is 284 g/mol. The fourth-order valence-corrected chi connectivity index (χ4v) is 2.01. The molecular formula is C17H17FN2O. The number of hydrogen-bond donors (Lipinski definition) is 1. The summed E-state index contributed by atoms with van der Waals surface area (Å²) in [5, 5.41) is 11.9. The van der Waals surface area contributed by atoms with E-state index in [0.717, 1.165) is 29.8 Å². The lowest BCUT2D eigenvalue weighted by molar-refractivity contribution is 0.362. The molecule has 0 bridgehead atoms. The number of nitrogens with one attached hydrogen (secondary N) is 1. The molecular weight excluding hydrogens is 267 g/mol. The Morgan fingerprint density at radius 1 is 1.10 bits per heavy atom. The Balaban J connectivity index is 1.80. The second-order valence-electron chi connectivity index (χ2n) is 4.61. The lowest BCUT2D eigenvalue weighted by atomic mass is 10.1. The van der Waals surface area contributed by atoms with Crippen molar-refractivity contribution in [2.45, 2.75) is 13.0 Å². The van der Waals surface area contributed by atoms with E-state index in [0.29, 0.717) is 6.54 Å². The summed E-state index contributed by atoms with van der Waals surface area (Å²) < 4.78 is 18.2. The van der Waals surface area contributed by atoms with Crippen LogP contribution in [0.2, 0.25) is 0 Å². The maximum absolute atomic E-state index is 12.8. The molecule has 0 atom stereocenters. The van der Waals surface area contributed by atoms with Crippen LogP contribution in [0.5, 0.6) is 5.75 Å². The van der Waals surface area contributed by atoms with E-state index in [-0.39, 0.29) is 12.4 Å². The van der Waals surface area contributed by atoms with Crippen molar-refractivity contribution in [3.63, 3.8) is 0 Å². The number of ether oxygens (including phenoxy) is 1. The van der Waals surface area contributed by atoms with Crippen molar-refractivity contribution in [1.29, 1.82) is 5.26 Å². The first-order chi connectivity index (χ1) is 10.3. The number of nitrogens with zero attached hydrogens (tertiary/aromatic N) is 1. The Morgan fingerprint density at radius 3 is 2.62 bits per heavy atom. The smallest absolute Gasteiger partial charge is 0.174 e. The fraction of sp³-hybridized carbons (Fsp3) is 0.235. The predicted molar refractivity (Wildman–Crippen MR) is 79.4 cm³/mol. The maximum atomic E-state index is 12.8. The molecule has 0 saturated carbocycles. The summed E-state index contributed by atoms with van der Waals surface area (Å²) in [6.45, 7) is 1.51. The molecule has 0 aliphatic rings. The maximum Gasteiger partial charge on any atom is 0.174 e. The van der Waals surface area contributed by atoms with Crippen LogP contribution in [-0.2, 0) is 13.0 Å². The van der Waals surface area contributed by atoms with Crippen LogP contribution in [0.1, 0.15) is 11.1 Å². The Labute approximate surface area is 124 Å². The molecule has 3 nitrogen and oxygen atoms in total. The van der Waals surface area contributed by atoms with Gasteiger partial charge in [-0.2, -0.15) is 5.26 Å². The highest BCUT2D eigenvalue weighted by atomic mass is 19.1. The molecule has 0 spiro atoms. The Morgan fingerprint density at radius 2 is 1.86 bits per heavy atom. The molecule has 0 radical (unpaired) electrons. The van der Waals surface area contributed by atoms with Gasteiger partial charge in [0.2, 0.25) is 0 Å². The zero-order valence-corrected chi connectivity index (χ0v) is 11.7. The molecule has 2 aromatic carbocycles. The summed E-state index contributed by atoms with van der Waals surface area (Å²) >= 11 is 0. The van der Waals surface area contributed by atoms with Gasteiger partial charge in [-0.25, -0.2) is 4.39 Å². The number of halogens is 1. The van der Waals surface area contributed by atoms with Gasteiger partial charge < -0.3 is 10.1 Å². The van der Waals surface area contributed by atoms with Gasteiger partial charge in [-0.3, -0.25) is 0 Å². The topological polar surface area (TPSA) is 45.0 Å². The summed E-state index contributed by atoms with van der Waals surface area (Å²) in [6, 6.07) is 16.1. The van der Waals surface area contributed by atoms with Gasteiger partial charge in [0.15, 0.2) is 6.61 Å². The van der Waals surface area contributed by atoms with E-state index < -0.39 is 0 Å². The van der Waals surface area contributed by atoms with Gasteiger partial charge in [0.25, 0.3) is 0 Å². The van der Waals surface area contributed by atoms with Crippen molar-refractivity contribution < 1.29 is 9.13 Å². The van der Waals surface area contributed by atoms with Crippen LogP contribution in [0.4, 0.5) is 4.39 Å². The lowest BCUT2D eigenvalue weighted by Crippen LogP contribution is -2.17. The van der Waals surface area contributed by atoms with Gasteiger partial charge in [0, 0.05) is 12.1 Å². The van der Waals surface area contributed by atoms with E-state index in [1.54, 1.807) is 12.1 Å². The molecule has 0 unspecified atom stereocenters. The highest BCUT2D eigenvalue weighted by molar-refractivity contribution is 5.33. The summed E-state index contributed by atoms with van der Waals surface area (Å²) in [5.41, 5.74) is 2.12. The van der Waals surface area contributed by atoms with Crippen LogP contribution in [0.3, 0.4) is 0 Å². The van der Waals surface area contributed by atoms with Crippen LogP contribution < -0.4 is 10.1 Å². The van der Waals surface area contributed by atoms with Crippen molar-refractivity contribution in [3.8, 4) is 11.8 Å². The Kier molecular flexibility index (Phi) is 5.74. The van der Waals surface area contributed by atoms with E-state index in [4.69, 9.17) is 10.00 Å². The van der Waals surface area contributed by atoms with Crippen LogP contribution in [0, 0.1) is 17.1 Å². The summed E-state index contributed by atoms with van der Waals surface area (Å²) in [5.74, 6) is 0.517. The second-order valence-corrected chi connectivity index (χ2v) is 4.61. The largest absolute Gasteiger partial charge is 0.478 e. The second kappa shape index (κ2) is 8.03. The van der Waals surface area contributed by atoms with Crippen molar-refractivity contribution in [2.24, 2.45) is 0 Å². The van der Waals surface area contributed by atoms with Gasteiger partial charge in [-0.1, -0.05) is 30.3 Å². The third-order valence-electron chi connectivity index (χ3n) is 3.08. The van der Waals surface area contributed by atoms with E-state index in [1.165, 1.54) is 12.1 Å². The third kappa shape index (κ3) is 4.90. The van der Waals surface area contributed by atoms with Gasteiger partial charge in [0.05, 0.1) is 0 Å². The summed E-state index contributed by atoms with van der Waals surface area (Å²) in [7, 11) is 0. The molecule has 0 fully saturated rings. The zero-order chi connectivity index (χ0) is 14.9. The highest BCUT2D eigenvalue weighted by Gasteiger charge is 2.02. The number of para-hydroxylation sites is 1. The predicted octanol–water partition coefficient (Wildman–Crippen LogP) is 3.06. The third-order valence-corrected chi connectivity index (χ3v) is 3.08. The minimum atomic E-state index is -0.213. The highest BCUT2D eigenvalue weighted by Crippen LogP contribution is 2.17. The molecule has 0 aliphatic carbocycles. The average molecular weight is 284 g/mol. The van der Waals surface area contributed by atoms with Crippen LogP contribution >= 0.6 is 0 Å². The van der Waals surface area contributed by atoms with E-state index in [1.807, 2.05) is 30.3 Å². The number of rotatable bonds is 7. The first kappa shape index (κ1) is 15.0. The molecule has 0 aromatic heterocycles. The molecule has 108 valence electrons. The fourth-order valence-electron chi connectivity index (χ4n) is 2.01. The first-order valence-corrected chi connectivity index (χ1v) is 6.82.